The minimum atomic E-state index is -2.09. The highest BCUT2D eigenvalue weighted by molar-refractivity contribution is 5.80. The Morgan fingerprint density at radius 1 is 0.505 bits per heavy atom. The summed E-state index contributed by atoms with van der Waals surface area (Å²) in [6, 6.07) is -1.27. The van der Waals surface area contributed by atoms with Gasteiger partial charge in [0.1, 0.15) is 140 Å². The monoisotopic (exact) mass is 1510 g/mol. The van der Waals surface area contributed by atoms with Gasteiger partial charge in [0.15, 0.2) is 43.8 Å². The number of allylic oxidation sites excluding steroid dienone is 2. The predicted octanol–water partition coefficient (Wildman–Crippen LogP) is -5.86. The Bertz CT molecular complexity index is 3030. The molecule has 31 unspecified atom stereocenters. The maximum Gasteiger partial charge on any atom is 0.317 e. The molecule has 35 heteroatoms. The number of fused-ring (bicyclic) bond motifs is 7. The van der Waals surface area contributed by atoms with Crippen LogP contribution in [0.1, 0.15) is 120 Å². The highest BCUT2D eigenvalue weighted by Gasteiger charge is 2.73. The van der Waals surface area contributed by atoms with Gasteiger partial charge in [0.05, 0.1) is 58.0 Å². The molecule has 0 spiro atoms. The van der Waals surface area contributed by atoms with Gasteiger partial charge in [-0.2, -0.15) is 0 Å². The second-order valence-corrected chi connectivity index (χ2v) is 33.7. The Hall–Kier alpha value is -2.56. The first-order valence-corrected chi connectivity index (χ1v) is 36.9. The van der Waals surface area contributed by atoms with E-state index in [0.717, 1.165) is 5.57 Å². The van der Waals surface area contributed by atoms with Crippen molar-refractivity contribution in [3.05, 3.63) is 11.6 Å². The summed E-state index contributed by atoms with van der Waals surface area (Å²) in [5, 5.41) is 201. The van der Waals surface area contributed by atoms with Crippen molar-refractivity contribution in [1.82, 2.24) is 5.32 Å². The van der Waals surface area contributed by atoms with Crippen molar-refractivity contribution >= 4 is 11.9 Å². The zero-order valence-electron chi connectivity index (χ0n) is 60.6. The lowest BCUT2D eigenvalue weighted by Crippen LogP contribution is -2.69. The zero-order valence-corrected chi connectivity index (χ0v) is 60.6. The fourth-order valence-corrected chi connectivity index (χ4v) is 20.3. The van der Waals surface area contributed by atoms with Gasteiger partial charge in [-0.05, 0) is 110 Å². The normalized spacial score (nSPS) is 53.3. The SMILES string of the molecule is CC(=O)NC1C(O[C@H]2CC[C@]3(C)[C@H]4CC=C5[C@@H]6CC(C)(C)CC[C@]6(C(=O)OC6OCC(O)C(O)C6OC6OC(C)C(OC7OC(CO)C(O)C7O)C(OC7OC(CO)C(O)C(O)C7O)C6O)[C@H](O)C[C@@]5(C)[C@]4(C)CC[C@H]3C2(C)C)OC(COC2OCC(O)C(O)C2OC2OCC(O)C(O)C2O)C(O)C1O. The van der Waals surface area contributed by atoms with Gasteiger partial charge < -0.3 is 164 Å². The molecule has 12 rings (SSSR count). The van der Waals surface area contributed by atoms with E-state index in [1.54, 1.807) is 0 Å². The largest absolute Gasteiger partial charge is 0.432 e. The molecular formula is C70H113NO34. The van der Waals surface area contributed by atoms with E-state index in [2.05, 4.69) is 59.9 Å². The fraction of sp³-hybridized carbons (Fsp3) is 0.943. The van der Waals surface area contributed by atoms with E-state index >= 15 is 4.79 Å². The first-order chi connectivity index (χ1) is 49.3. The minimum absolute atomic E-state index is 0.0105. The highest BCUT2D eigenvalue weighted by atomic mass is 16.8. The lowest BCUT2D eigenvalue weighted by molar-refractivity contribution is -0.387. The molecule has 0 aromatic heterocycles. The van der Waals surface area contributed by atoms with E-state index in [0.29, 0.717) is 44.9 Å². The van der Waals surface area contributed by atoms with E-state index < -0.39 is 282 Å². The number of nitrogens with one attached hydrogen (secondary N) is 1. The summed E-state index contributed by atoms with van der Waals surface area (Å²) in [5.74, 6) is -2.01. The topological polar surface area (TPSA) is 540 Å². The molecule has 0 radical (unpaired) electrons. The van der Waals surface area contributed by atoms with Gasteiger partial charge in [0.25, 0.3) is 0 Å². The van der Waals surface area contributed by atoms with Crippen LogP contribution in [-0.4, -0.2) is 346 Å². The predicted molar refractivity (Wildman–Crippen MR) is 348 cm³/mol. The Morgan fingerprint density at radius 3 is 1.66 bits per heavy atom. The number of esters is 1. The van der Waals surface area contributed by atoms with Crippen molar-refractivity contribution in [3.8, 4) is 0 Å². The Morgan fingerprint density at radius 2 is 1.03 bits per heavy atom. The molecule has 4 saturated carbocycles. The molecule has 5 aliphatic carbocycles. The molecule has 19 N–H and O–H groups in total. The van der Waals surface area contributed by atoms with Crippen LogP contribution < -0.4 is 5.32 Å². The summed E-state index contributed by atoms with van der Waals surface area (Å²) in [5.41, 5.74) is -3.13. The molecule has 7 aliphatic heterocycles. The second-order valence-electron chi connectivity index (χ2n) is 33.7. The zero-order chi connectivity index (χ0) is 76.4. The summed E-state index contributed by atoms with van der Waals surface area (Å²) >= 11 is 0. The number of carbonyl (C=O) groups excluding carboxylic acids is 2. The van der Waals surface area contributed by atoms with Gasteiger partial charge in [-0.3, -0.25) is 9.59 Å². The third-order valence-corrected chi connectivity index (χ3v) is 26.6. The van der Waals surface area contributed by atoms with Gasteiger partial charge in [-0.1, -0.05) is 60.1 Å². The van der Waals surface area contributed by atoms with Crippen molar-refractivity contribution in [3.63, 3.8) is 0 Å². The van der Waals surface area contributed by atoms with E-state index in [4.69, 9.17) is 66.3 Å². The second kappa shape index (κ2) is 31.1. The number of hydrogen-bond donors (Lipinski definition) is 19. The van der Waals surface area contributed by atoms with Gasteiger partial charge in [0.2, 0.25) is 12.2 Å². The number of aliphatic hydroxyl groups excluding tert-OH is 18. The molecule has 602 valence electrons. The first kappa shape index (κ1) is 81.9. The van der Waals surface area contributed by atoms with Crippen molar-refractivity contribution in [2.45, 2.75) is 323 Å². The molecule has 0 aromatic carbocycles. The van der Waals surface area contributed by atoms with E-state index in [-0.39, 0.29) is 35.5 Å². The van der Waals surface area contributed by atoms with E-state index in [9.17, 15) is 96.7 Å². The van der Waals surface area contributed by atoms with Crippen molar-refractivity contribution < 1.29 is 168 Å². The summed E-state index contributed by atoms with van der Waals surface area (Å²) in [6.45, 7) is 14.4. The number of rotatable bonds is 18. The van der Waals surface area contributed by atoms with Crippen LogP contribution >= 0.6 is 0 Å². The molecule has 40 atom stereocenters. The average molecular weight is 1510 g/mol. The molecule has 105 heavy (non-hydrogen) atoms. The van der Waals surface area contributed by atoms with Crippen LogP contribution in [0.5, 0.6) is 0 Å². The summed E-state index contributed by atoms with van der Waals surface area (Å²) < 4.78 is 84.6. The maximum atomic E-state index is 15.8. The van der Waals surface area contributed by atoms with Gasteiger partial charge in [-0.15, -0.1) is 0 Å². The lowest BCUT2D eigenvalue weighted by atomic mass is 9.33. The molecule has 7 heterocycles. The summed E-state index contributed by atoms with van der Waals surface area (Å²) in [6.07, 6.45) is -45.5. The summed E-state index contributed by atoms with van der Waals surface area (Å²) in [7, 11) is 0. The Kier molecular flexibility index (Phi) is 24.3. The van der Waals surface area contributed by atoms with Crippen LogP contribution in [0.15, 0.2) is 11.6 Å². The van der Waals surface area contributed by atoms with Gasteiger partial charge >= 0.3 is 5.97 Å². The number of ether oxygens (including phenoxy) is 14. The number of hydrogen-bond acceptors (Lipinski definition) is 34. The quantitative estimate of drug-likeness (QED) is 0.0345. The third kappa shape index (κ3) is 14.6. The van der Waals surface area contributed by atoms with Crippen LogP contribution in [0.4, 0.5) is 0 Å². The van der Waals surface area contributed by atoms with E-state index in [1.165, 1.54) is 13.8 Å². The third-order valence-electron chi connectivity index (χ3n) is 26.6. The fourth-order valence-electron chi connectivity index (χ4n) is 20.3. The Balaban J connectivity index is 0.763. The first-order valence-electron chi connectivity index (χ1n) is 36.9. The maximum absolute atomic E-state index is 15.8. The van der Waals surface area contributed by atoms with Crippen LogP contribution in [0, 0.1) is 50.2 Å². The van der Waals surface area contributed by atoms with Crippen molar-refractivity contribution in [2.75, 3.05) is 39.6 Å². The van der Waals surface area contributed by atoms with Crippen molar-refractivity contribution in [1.29, 1.82) is 0 Å². The molecule has 0 aromatic rings. The van der Waals surface area contributed by atoms with Crippen LogP contribution in [0.3, 0.4) is 0 Å². The number of amides is 1. The summed E-state index contributed by atoms with van der Waals surface area (Å²) in [4.78, 5) is 28.6. The molecule has 0 bridgehead atoms. The molecule has 1 amide bonds. The van der Waals surface area contributed by atoms with Crippen molar-refractivity contribution in [2.24, 2.45) is 50.2 Å². The number of aliphatic hydroxyl groups is 18. The van der Waals surface area contributed by atoms with Gasteiger partial charge in [-0.25, -0.2) is 0 Å². The number of carbonyl (C=O) groups is 2. The highest BCUT2D eigenvalue weighted by Crippen LogP contribution is 2.76. The van der Waals surface area contributed by atoms with Crippen LogP contribution in [-0.2, 0) is 75.9 Å². The minimum Gasteiger partial charge on any atom is -0.432 e. The molecule has 12 aliphatic rings. The lowest BCUT2D eigenvalue weighted by Gasteiger charge is -2.72. The molecule has 35 nitrogen and oxygen atoms in total. The average Bonchev–Trinajstić information content (AvgIpc) is 0.730. The smallest absolute Gasteiger partial charge is 0.317 e. The van der Waals surface area contributed by atoms with Crippen LogP contribution in [0.25, 0.3) is 0 Å². The van der Waals surface area contributed by atoms with E-state index in [1.807, 2.05) is 0 Å². The molecular weight excluding hydrogens is 1400 g/mol. The Labute approximate surface area is 607 Å². The standard InChI is InChI=1S/C70H113NO34/c1-26-53(101-59-50(88)45(83)34(21-73)98-59)54(102-60-51(89)48(86)44(82)33(20-72)97-60)52(90)61(96-26)104-56-43(81)32(77)24-94-63(56)105-64(91)70-17-16-65(3,4)18-29(70)28-10-11-37-67(7)14-13-39(66(5,6)36(67)12-15-68(37,8)69(28,9)19-38(70)78)100-57-40(71-27(2)74)47(85)46(84)35(99-57)25-95-62-55(42(80)31(76)23-93-62)103-58-49(87)41(79)30(75)22-92-58/h10,26,29-63,72-73,75-90H,11-25H2,1-9H3,(H,71,74)/t26?,29-,30?,31?,32?,33?,34?,35?,36-,37+,38+,39-,40?,41?,42?,43?,44?,45?,46?,47?,48?,49?,50?,51?,52?,53?,54?,55?,56?,57?,58?,59?,60?,61?,62?,63?,67-,68+,69+,70+/m0/s1. The molecule has 11 fully saturated rings. The van der Waals surface area contributed by atoms with Crippen LogP contribution in [0.2, 0.25) is 0 Å². The van der Waals surface area contributed by atoms with Gasteiger partial charge in [0, 0.05) is 6.92 Å². The molecule has 7 saturated heterocycles.